The van der Waals surface area contributed by atoms with E-state index in [1.54, 1.807) is 32.9 Å². The average Bonchev–Trinajstić information content (AvgIpc) is 2.95. The topological polar surface area (TPSA) is 100 Å². The number of esters is 2. The summed E-state index contributed by atoms with van der Waals surface area (Å²) in [4.78, 5) is 24.6. The molecule has 0 aliphatic carbocycles. The predicted octanol–water partition coefficient (Wildman–Crippen LogP) is 8.57. The van der Waals surface area contributed by atoms with E-state index in [1.165, 1.54) is 0 Å². The molecular formula is C36H48NO7P. The molecule has 9 heteroatoms. The Morgan fingerprint density at radius 1 is 0.867 bits per heavy atom. The van der Waals surface area contributed by atoms with Gasteiger partial charge in [-0.2, -0.15) is 0 Å². The maximum Gasteiger partial charge on any atom is 0.354 e. The Bertz CT molecular complexity index is 1490. The third-order valence-corrected chi connectivity index (χ3v) is 8.95. The fourth-order valence-corrected chi connectivity index (χ4v) is 6.51. The second-order valence-corrected chi connectivity index (χ2v) is 14.2. The van der Waals surface area contributed by atoms with Gasteiger partial charge in [0.2, 0.25) is 0 Å². The SMILES string of the molecule is CCCC(=O)Oc1ccc(Cc2c(C)cc(OCP(=O)(N[C@@H](C)C(=O)OC(C)C)Oc3ccc(C)cc3)cc2C)cc1C(C)C. The normalized spacial score (nSPS) is 13.3. The van der Waals surface area contributed by atoms with Gasteiger partial charge in [-0.15, -0.1) is 0 Å². The zero-order valence-corrected chi connectivity index (χ0v) is 29.0. The van der Waals surface area contributed by atoms with Crippen LogP contribution in [0, 0.1) is 20.8 Å². The summed E-state index contributed by atoms with van der Waals surface area (Å²) < 4.78 is 37.0. The summed E-state index contributed by atoms with van der Waals surface area (Å²) in [7, 11) is -3.72. The Kier molecular flexibility index (Phi) is 12.8. The summed E-state index contributed by atoms with van der Waals surface area (Å²) in [6.45, 7) is 17.2. The Hall–Kier alpha value is -3.61. The Balaban J connectivity index is 1.80. The van der Waals surface area contributed by atoms with Crippen LogP contribution in [0.2, 0.25) is 0 Å². The number of carbonyl (C=O) groups excluding carboxylic acids is 2. The standard InChI is InChI=1S/C36H48NO7P/c1-10-11-35(38)43-34-17-14-29(20-32(34)23(2)3)21-33-26(7)18-31(19-27(33)8)41-22-45(40,37-28(9)36(39)42-24(4)5)44-30-15-12-25(6)13-16-30/h12-20,23-24,28H,10-11,21-22H2,1-9H3,(H,37,40)/t28-,45?/m0/s1. The first-order valence-electron chi connectivity index (χ1n) is 15.6. The van der Waals surface area contributed by atoms with Gasteiger partial charge in [0, 0.05) is 6.42 Å². The first-order chi connectivity index (χ1) is 21.2. The smallest absolute Gasteiger partial charge is 0.354 e. The summed E-state index contributed by atoms with van der Waals surface area (Å²) in [5, 5.41) is 2.85. The molecule has 2 atom stereocenters. The van der Waals surface area contributed by atoms with Crippen molar-refractivity contribution in [3.05, 3.63) is 88.0 Å². The third-order valence-electron chi connectivity index (χ3n) is 7.20. The number of nitrogens with one attached hydrogen (secondary N) is 1. The number of hydrogen-bond acceptors (Lipinski definition) is 7. The minimum Gasteiger partial charge on any atom is -0.481 e. The molecule has 3 aromatic rings. The molecule has 244 valence electrons. The molecule has 3 aromatic carbocycles. The van der Waals surface area contributed by atoms with Crippen LogP contribution in [0.5, 0.6) is 17.2 Å². The van der Waals surface area contributed by atoms with Gasteiger partial charge in [0.25, 0.3) is 0 Å². The molecule has 0 heterocycles. The summed E-state index contributed by atoms with van der Waals surface area (Å²) in [5.41, 5.74) is 6.33. The zero-order valence-electron chi connectivity index (χ0n) is 28.1. The van der Waals surface area contributed by atoms with Crippen molar-refractivity contribution in [2.24, 2.45) is 0 Å². The van der Waals surface area contributed by atoms with Gasteiger partial charge < -0.3 is 18.7 Å². The molecule has 0 saturated carbocycles. The average molecular weight is 638 g/mol. The molecule has 3 rings (SSSR count). The van der Waals surface area contributed by atoms with Crippen molar-refractivity contribution in [2.45, 2.75) is 99.6 Å². The molecule has 0 radical (unpaired) electrons. The molecule has 0 aromatic heterocycles. The summed E-state index contributed by atoms with van der Waals surface area (Å²) >= 11 is 0. The van der Waals surface area contributed by atoms with Crippen LogP contribution in [0.4, 0.5) is 0 Å². The first-order valence-corrected chi connectivity index (χ1v) is 17.4. The number of carbonyl (C=O) groups is 2. The Morgan fingerprint density at radius 2 is 1.51 bits per heavy atom. The predicted molar refractivity (Wildman–Crippen MR) is 179 cm³/mol. The monoisotopic (exact) mass is 637 g/mol. The van der Waals surface area contributed by atoms with Crippen molar-refractivity contribution in [3.8, 4) is 17.2 Å². The van der Waals surface area contributed by atoms with Crippen LogP contribution in [0.1, 0.15) is 93.7 Å². The molecule has 0 fully saturated rings. The van der Waals surface area contributed by atoms with Crippen molar-refractivity contribution in [1.82, 2.24) is 5.09 Å². The number of rotatable bonds is 15. The van der Waals surface area contributed by atoms with Crippen molar-refractivity contribution < 1.29 is 32.9 Å². The lowest BCUT2D eigenvalue weighted by Crippen LogP contribution is -2.36. The van der Waals surface area contributed by atoms with Crippen LogP contribution in [0.15, 0.2) is 54.6 Å². The largest absolute Gasteiger partial charge is 0.481 e. The number of benzene rings is 3. The first kappa shape index (κ1) is 35.9. The van der Waals surface area contributed by atoms with Crippen molar-refractivity contribution in [2.75, 3.05) is 6.35 Å². The van der Waals surface area contributed by atoms with Gasteiger partial charge in [-0.25, -0.2) is 5.09 Å². The van der Waals surface area contributed by atoms with Crippen LogP contribution in [0.25, 0.3) is 0 Å². The number of ether oxygens (including phenoxy) is 3. The minimum absolute atomic E-state index is 0.189. The Labute approximate surface area is 268 Å². The van der Waals surface area contributed by atoms with Crippen LogP contribution >= 0.6 is 7.52 Å². The quantitative estimate of drug-likeness (QED) is 0.101. The second kappa shape index (κ2) is 16.1. The molecule has 0 spiro atoms. The van der Waals surface area contributed by atoms with E-state index in [9.17, 15) is 14.2 Å². The fourth-order valence-electron chi connectivity index (χ4n) is 4.85. The lowest BCUT2D eigenvalue weighted by atomic mass is 9.93. The van der Waals surface area contributed by atoms with Gasteiger partial charge in [0.15, 0.2) is 6.35 Å². The molecular weight excluding hydrogens is 589 g/mol. The van der Waals surface area contributed by atoms with Crippen LogP contribution in [-0.2, 0) is 25.3 Å². The molecule has 0 bridgehead atoms. The van der Waals surface area contributed by atoms with E-state index in [1.807, 2.05) is 64.1 Å². The third kappa shape index (κ3) is 10.8. The van der Waals surface area contributed by atoms with E-state index in [4.69, 9.17) is 18.7 Å². The zero-order chi connectivity index (χ0) is 33.3. The van der Waals surface area contributed by atoms with E-state index in [2.05, 4.69) is 25.0 Å². The highest BCUT2D eigenvalue weighted by atomic mass is 31.2. The van der Waals surface area contributed by atoms with Crippen LogP contribution < -0.4 is 19.1 Å². The highest BCUT2D eigenvalue weighted by Gasteiger charge is 2.32. The fraction of sp³-hybridized carbons (Fsp3) is 0.444. The van der Waals surface area contributed by atoms with Crippen LogP contribution in [0.3, 0.4) is 0 Å². The maximum atomic E-state index is 14.0. The van der Waals surface area contributed by atoms with Crippen molar-refractivity contribution in [3.63, 3.8) is 0 Å². The molecule has 1 N–H and O–H groups in total. The summed E-state index contributed by atoms with van der Waals surface area (Å²) in [6, 6.07) is 16.1. The molecule has 0 amide bonds. The molecule has 0 saturated heterocycles. The molecule has 1 unspecified atom stereocenters. The highest BCUT2D eigenvalue weighted by Crippen LogP contribution is 2.44. The number of hydrogen-bond donors (Lipinski definition) is 1. The van der Waals surface area contributed by atoms with Gasteiger partial charge in [-0.3, -0.25) is 14.2 Å². The van der Waals surface area contributed by atoms with Gasteiger partial charge in [-0.1, -0.05) is 50.6 Å². The maximum absolute atomic E-state index is 14.0. The van der Waals surface area contributed by atoms with Crippen molar-refractivity contribution in [1.29, 1.82) is 0 Å². The molecule has 45 heavy (non-hydrogen) atoms. The van der Waals surface area contributed by atoms with Gasteiger partial charge in [0.05, 0.1) is 6.10 Å². The van der Waals surface area contributed by atoms with E-state index in [0.717, 1.165) is 39.8 Å². The second-order valence-electron chi connectivity index (χ2n) is 12.2. The molecule has 0 aliphatic rings. The summed E-state index contributed by atoms with van der Waals surface area (Å²) in [5.74, 6) is 1.00. The van der Waals surface area contributed by atoms with Gasteiger partial charge in [-0.05, 0) is 118 Å². The van der Waals surface area contributed by atoms with E-state index >= 15 is 0 Å². The van der Waals surface area contributed by atoms with Gasteiger partial charge in [0.1, 0.15) is 23.3 Å². The van der Waals surface area contributed by atoms with E-state index in [-0.39, 0.29) is 24.3 Å². The highest BCUT2D eigenvalue weighted by molar-refractivity contribution is 7.57. The van der Waals surface area contributed by atoms with Crippen molar-refractivity contribution >= 4 is 19.5 Å². The van der Waals surface area contributed by atoms with Crippen LogP contribution in [-0.4, -0.2) is 30.4 Å². The van der Waals surface area contributed by atoms with E-state index < -0.39 is 19.5 Å². The Morgan fingerprint density at radius 3 is 2.09 bits per heavy atom. The lowest BCUT2D eigenvalue weighted by Gasteiger charge is -2.24. The van der Waals surface area contributed by atoms with E-state index in [0.29, 0.717) is 30.1 Å². The minimum atomic E-state index is -3.72. The molecule has 0 aliphatic heterocycles. The number of aryl methyl sites for hydroxylation is 3. The lowest BCUT2D eigenvalue weighted by molar-refractivity contribution is -0.149. The summed E-state index contributed by atoms with van der Waals surface area (Å²) in [6.07, 6.45) is 1.21. The molecule has 8 nitrogen and oxygen atoms in total. The van der Waals surface area contributed by atoms with Gasteiger partial charge >= 0.3 is 19.5 Å².